The number of sulfonamides is 1. The number of thioether (sulfide) groups is 1. The van der Waals surface area contributed by atoms with Crippen molar-refractivity contribution in [2.24, 2.45) is 5.73 Å². The third-order valence-electron chi connectivity index (χ3n) is 6.27. The Morgan fingerprint density at radius 1 is 1.02 bits per heavy atom. The van der Waals surface area contributed by atoms with E-state index in [2.05, 4.69) is 0 Å². The zero-order chi connectivity index (χ0) is 34.0. The van der Waals surface area contributed by atoms with E-state index in [1.54, 1.807) is 6.26 Å². The van der Waals surface area contributed by atoms with Gasteiger partial charge in [-0.15, -0.1) is 23.1 Å². The summed E-state index contributed by atoms with van der Waals surface area (Å²) in [6, 6.07) is 10.7. The molecule has 3 rings (SSSR count). The first kappa shape index (κ1) is 36.3. The lowest BCUT2D eigenvalue weighted by Crippen LogP contribution is -2.42. The molecular formula is C26H26F6N4O5S4. The number of nitrogens with one attached hydrogen (secondary N) is 2. The van der Waals surface area contributed by atoms with Gasteiger partial charge in [0.1, 0.15) is 5.84 Å². The number of aryl methyl sites for hydroxylation is 1. The van der Waals surface area contributed by atoms with Crippen LogP contribution in [-0.4, -0.2) is 59.6 Å². The van der Waals surface area contributed by atoms with E-state index in [4.69, 9.17) is 11.1 Å². The number of nitrogen functional groups attached to an aromatic ring is 1. The van der Waals surface area contributed by atoms with Crippen LogP contribution in [0.4, 0.5) is 32.0 Å². The number of rotatable bonds is 12. The van der Waals surface area contributed by atoms with Crippen molar-refractivity contribution in [2.45, 2.75) is 45.5 Å². The average molecular weight is 717 g/mol. The number of sulfone groups is 1. The fraction of sp³-hybridized carbons (Fsp3) is 0.308. The lowest BCUT2D eigenvalue weighted by molar-refractivity contribution is -0.170. The molecule has 0 bridgehead atoms. The first-order valence-electron chi connectivity index (χ1n) is 12.6. The van der Waals surface area contributed by atoms with Crippen molar-refractivity contribution in [3.63, 3.8) is 0 Å². The fourth-order valence-corrected chi connectivity index (χ4v) is 8.67. The Hall–Kier alpha value is -3.13. The Balaban J connectivity index is 2.04. The van der Waals surface area contributed by atoms with Crippen LogP contribution in [0.2, 0.25) is 0 Å². The molecule has 19 heteroatoms. The number of nitrogens with zero attached hydrogens (tertiary/aromatic N) is 1. The highest BCUT2D eigenvalue weighted by atomic mass is 32.2. The maximum absolute atomic E-state index is 13.7. The molecule has 0 aliphatic heterocycles. The summed E-state index contributed by atoms with van der Waals surface area (Å²) in [7, 11) is -9.87. The molecule has 1 amide bonds. The number of thiophene rings is 1. The maximum atomic E-state index is 13.7. The minimum atomic E-state index is -5.66. The molecule has 45 heavy (non-hydrogen) atoms. The largest absolute Gasteiger partial charge is 0.511 e. The first-order chi connectivity index (χ1) is 20.7. The quantitative estimate of drug-likeness (QED) is 0.0718. The number of anilines is 1. The van der Waals surface area contributed by atoms with Crippen molar-refractivity contribution in [3.8, 4) is 11.1 Å². The molecule has 2 aromatic carbocycles. The van der Waals surface area contributed by atoms with E-state index in [9.17, 15) is 48.0 Å². The van der Waals surface area contributed by atoms with E-state index in [1.807, 2.05) is 0 Å². The van der Waals surface area contributed by atoms with E-state index >= 15 is 0 Å². The molecule has 0 aliphatic rings. The Labute approximate surface area is 263 Å². The Kier molecular flexibility index (Phi) is 11.1. The number of nitrogens with two attached hydrogens (primary N) is 1. The van der Waals surface area contributed by atoms with Crippen LogP contribution in [0, 0.1) is 12.3 Å². The van der Waals surface area contributed by atoms with Gasteiger partial charge in [0.25, 0.3) is 0 Å². The lowest BCUT2D eigenvalue weighted by Gasteiger charge is -2.27. The zero-order valence-electron chi connectivity index (χ0n) is 23.4. The number of amidine groups is 1. The highest BCUT2D eigenvalue weighted by Gasteiger charge is 2.46. The van der Waals surface area contributed by atoms with Crippen molar-refractivity contribution in [3.05, 3.63) is 59.0 Å². The smallest absolute Gasteiger partial charge is 0.383 e. The van der Waals surface area contributed by atoms with Crippen LogP contribution in [0.3, 0.4) is 0 Å². The third-order valence-corrected chi connectivity index (χ3v) is 11.8. The number of carbonyl (C=O) groups is 1. The monoisotopic (exact) mass is 716 g/mol. The van der Waals surface area contributed by atoms with Gasteiger partial charge in [0, 0.05) is 18.7 Å². The minimum absolute atomic E-state index is 0.0877. The van der Waals surface area contributed by atoms with Crippen LogP contribution in [0.5, 0.6) is 0 Å². The number of alkyl halides is 6. The topological polar surface area (TPSA) is 150 Å². The first-order valence-corrected chi connectivity index (χ1v) is 17.6. The number of benzene rings is 2. The summed E-state index contributed by atoms with van der Waals surface area (Å²) in [5.41, 5.74) is 0.331. The maximum Gasteiger partial charge on any atom is 0.511 e. The van der Waals surface area contributed by atoms with Gasteiger partial charge in [0.2, 0.25) is 9.84 Å². The second kappa shape index (κ2) is 13.7. The Bertz CT molecular complexity index is 1810. The van der Waals surface area contributed by atoms with Gasteiger partial charge in [0.05, 0.1) is 24.6 Å². The summed E-state index contributed by atoms with van der Waals surface area (Å²) in [6.45, 7) is 0.134. The van der Waals surface area contributed by atoms with Crippen molar-refractivity contribution >= 4 is 60.4 Å². The van der Waals surface area contributed by atoms with Crippen LogP contribution in [0.25, 0.3) is 11.1 Å². The standard InChI is InChI=1S/C26H26F6N4O5S4/c1-15-7-5-10-18(36(24(37)25(27,28)29)12-4-3-11-35-45(40,41)26(30,31)32)21(15)16-8-6-9-17(13-16)44(38,39)20-14-19(22(33)34)43-23(20)42-2/h5-10,13-14,35H,3-4,11-12H2,1-2H3,(H3,33,34). The van der Waals surface area contributed by atoms with Gasteiger partial charge in [-0.05, 0) is 61.4 Å². The van der Waals surface area contributed by atoms with Crippen molar-refractivity contribution in [1.82, 2.24) is 4.72 Å². The summed E-state index contributed by atoms with van der Waals surface area (Å²) in [6.07, 6.45) is -4.38. The predicted octanol–water partition coefficient (Wildman–Crippen LogP) is 5.68. The minimum Gasteiger partial charge on any atom is -0.383 e. The fourth-order valence-electron chi connectivity index (χ4n) is 4.19. The van der Waals surface area contributed by atoms with Crippen LogP contribution >= 0.6 is 23.1 Å². The molecule has 4 N–H and O–H groups in total. The Morgan fingerprint density at radius 2 is 1.67 bits per heavy atom. The number of amides is 1. The summed E-state index contributed by atoms with van der Waals surface area (Å²) in [5.74, 6) is -2.61. The molecule has 0 unspecified atom stereocenters. The van der Waals surface area contributed by atoms with Crippen molar-refractivity contribution in [1.29, 1.82) is 5.41 Å². The normalized spacial score (nSPS) is 12.7. The number of unbranched alkanes of at least 4 members (excludes halogenated alkanes) is 1. The van der Waals surface area contributed by atoms with E-state index in [0.717, 1.165) is 23.1 Å². The second-order valence-electron chi connectivity index (χ2n) is 9.39. The van der Waals surface area contributed by atoms with E-state index in [0.29, 0.717) is 14.7 Å². The van der Waals surface area contributed by atoms with Gasteiger partial charge >= 0.3 is 27.6 Å². The van der Waals surface area contributed by atoms with Gasteiger partial charge in [-0.3, -0.25) is 10.2 Å². The molecule has 0 radical (unpaired) electrons. The summed E-state index contributed by atoms with van der Waals surface area (Å²) < 4.78 is 130. The predicted molar refractivity (Wildman–Crippen MR) is 160 cm³/mol. The summed E-state index contributed by atoms with van der Waals surface area (Å²) >= 11 is 2.13. The van der Waals surface area contributed by atoms with Crippen LogP contribution in [-0.2, 0) is 24.7 Å². The lowest BCUT2D eigenvalue weighted by atomic mass is 9.97. The average Bonchev–Trinajstić information content (AvgIpc) is 3.40. The van der Waals surface area contributed by atoms with Gasteiger partial charge in [-0.2, -0.15) is 26.3 Å². The van der Waals surface area contributed by atoms with Crippen molar-refractivity contribution < 1.29 is 48.0 Å². The Morgan fingerprint density at radius 3 is 2.24 bits per heavy atom. The molecule has 0 saturated heterocycles. The molecule has 0 aliphatic carbocycles. The molecule has 3 aromatic rings. The number of carbonyl (C=O) groups excluding carboxylic acids is 1. The second-order valence-corrected chi connectivity index (χ2v) is 15.2. The molecule has 9 nitrogen and oxygen atoms in total. The molecular weight excluding hydrogens is 691 g/mol. The van der Waals surface area contributed by atoms with Gasteiger partial charge in [0.15, 0.2) is 0 Å². The molecule has 0 fully saturated rings. The van der Waals surface area contributed by atoms with Crippen LogP contribution < -0.4 is 15.4 Å². The third kappa shape index (κ3) is 8.18. The van der Waals surface area contributed by atoms with Gasteiger partial charge in [-0.25, -0.2) is 21.6 Å². The molecule has 246 valence electrons. The van der Waals surface area contributed by atoms with Crippen LogP contribution in [0.1, 0.15) is 23.3 Å². The van der Waals surface area contributed by atoms with E-state index < -0.39 is 50.5 Å². The summed E-state index contributed by atoms with van der Waals surface area (Å²) in [5, 5.41) is 7.66. The SMILES string of the molecule is CSc1sc(C(=N)N)cc1S(=O)(=O)c1cccc(-c2c(C)cccc2N(CCCCNS(=O)(=O)C(F)(F)F)C(=O)C(F)(F)F)c1. The highest BCUT2D eigenvalue weighted by Crippen LogP contribution is 2.40. The van der Waals surface area contributed by atoms with E-state index in [1.165, 1.54) is 60.2 Å². The molecule has 1 aromatic heterocycles. The number of hydrogen-bond donors (Lipinski definition) is 3. The molecule has 0 spiro atoms. The number of hydrogen-bond acceptors (Lipinski definition) is 8. The highest BCUT2D eigenvalue weighted by molar-refractivity contribution is 8.01. The molecule has 0 saturated carbocycles. The molecule has 1 heterocycles. The summed E-state index contributed by atoms with van der Waals surface area (Å²) in [4.78, 5) is 12.8. The zero-order valence-corrected chi connectivity index (χ0v) is 26.7. The van der Waals surface area contributed by atoms with Gasteiger partial charge < -0.3 is 10.6 Å². The van der Waals surface area contributed by atoms with Crippen LogP contribution in [0.15, 0.2) is 62.5 Å². The number of halogens is 6. The van der Waals surface area contributed by atoms with Gasteiger partial charge in [-0.1, -0.05) is 24.3 Å². The van der Waals surface area contributed by atoms with E-state index in [-0.39, 0.29) is 50.2 Å². The van der Waals surface area contributed by atoms with Crippen molar-refractivity contribution in [2.75, 3.05) is 24.2 Å². The molecule has 0 atom stereocenters.